The van der Waals surface area contributed by atoms with Gasteiger partial charge in [0.05, 0.1) is 6.54 Å². The van der Waals surface area contributed by atoms with Gasteiger partial charge in [0.1, 0.15) is 0 Å². The van der Waals surface area contributed by atoms with Crippen LogP contribution in [0.25, 0.3) is 0 Å². The van der Waals surface area contributed by atoms with Crippen molar-refractivity contribution in [2.45, 2.75) is 25.7 Å². The maximum atomic E-state index is 11.9. The third-order valence-corrected chi connectivity index (χ3v) is 3.10. The van der Waals surface area contributed by atoms with Crippen molar-refractivity contribution in [3.8, 4) is 0 Å². The molecular formula is C12H21N3O4. The van der Waals surface area contributed by atoms with Crippen LogP contribution in [0.15, 0.2) is 0 Å². The van der Waals surface area contributed by atoms with Crippen LogP contribution in [0.4, 0.5) is 0 Å². The van der Waals surface area contributed by atoms with Crippen LogP contribution in [0.1, 0.15) is 25.7 Å². The third-order valence-electron chi connectivity index (χ3n) is 3.10. The zero-order chi connectivity index (χ0) is 14.3. The summed E-state index contributed by atoms with van der Waals surface area (Å²) in [5.74, 6) is -1.25. The van der Waals surface area contributed by atoms with Gasteiger partial charge in [0.2, 0.25) is 11.8 Å². The van der Waals surface area contributed by atoms with Crippen molar-refractivity contribution in [2.75, 3.05) is 32.7 Å². The predicted octanol–water partition coefficient (Wildman–Crippen LogP) is -0.739. The van der Waals surface area contributed by atoms with Gasteiger partial charge in [0.15, 0.2) is 0 Å². The molecule has 0 aromatic rings. The molecule has 1 saturated heterocycles. The molecule has 0 aromatic carbocycles. The minimum atomic E-state index is -0.878. The van der Waals surface area contributed by atoms with Gasteiger partial charge in [-0.3, -0.25) is 19.3 Å². The molecule has 3 N–H and O–H groups in total. The molecule has 0 bridgehead atoms. The van der Waals surface area contributed by atoms with E-state index in [1.54, 1.807) is 4.90 Å². The van der Waals surface area contributed by atoms with Gasteiger partial charge in [-0.05, 0) is 12.8 Å². The van der Waals surface area contributed by atoms with E-state index in [0.29, 0.717) is 26.1 Å². The molecular weight excluding hydrogens is 250 g/mol. The van der Waals surface area contributed by atoms with Crippen LogP contribution in [0.5, 0.6) is 0 Å². The maximum Gasteiger partial charge on any atom is 0.303 e. The van der Waals surface area contributed by atoms with E-state index in [1.807, 2.05) is 4.90 Å². The molecule has 1 fully saturated rings. The van der Waals surface area contributed by atoms with Crippen molar-refractivity contribution < 1.29 is 19.5 Å². The molecule has 1 rings (SSSR count). The number of aliphatic carboxylic acids is 1. The summed E-state index contributed by atoms with van der Waals surface area (Å²) in [7, 11) is 0. The highest BCUT2D eigenvalue weighted by Gasteiger charge is 2.19. The molecule has 0 unspecified atom stereocenters. The van der Waals surface area contributed by atoms with E-state index in [9.17, 15) is 14.4 Å². The Labute approximate surface area is 112 Å². The highest BCUT2D eigenvalue weighted by Crippen LogP contribution is 2.07. The number of nitrogens with zero attached hydrogens (tertiary/aromatic N) is 2. The quantitative estimate of drug-likeness (QED) is 0.662. The number of primary amides is 1. The van der Waals surface area contributed by atoms with E-state index in [2.05, 4.69) is 0 Å². The lowest BCUT2D eigenvalue weighted by atomic mass is 10.2. The summed E-state index contributed by atoms with van der Waals surface area (Å²) in [6.45, 7) is 2.83. The molecule has 0 spiro atoms. The molecule has 7 nitrogen and oxygen atoms in total. The first kappa shape index (κ1) is 15.4. The second-order valence-corrected chi connectivity index (χ2v) is 4.72. The van der Waals surface area contributed by atoms with Gasteiger partial charge in [-0.2, -0.15) is 0 Å². The lowest BCUT2D eigenvalue weighted by molar-refractivity contribution is -0.137. The number of hydrogen-bond donors (Lipinski definition) is 2. The molecule has 0 aromatic heterocycles. The molecule has 0 radical (unpaired) electrons. The van der Waals surface area contributed by atoms with Crippen molar-refractivity contribution in [1.82, 2.24) is 9.80 Å². The number of carboxylic acid groups (broad SMARTS) is 1. The number of carbonyl (C=O) groups is 3. The molecule has 1 aliphatic rings. The average molecular weight is 271 g/mol. The number of rotatable bonds is 6. The van der Waals surface area contributed by atoms with Gasteiger partial charge in [-0.25, -0.2) is 0 Å². The number of hydrogen-bond acceptors (Lipinski definition) is 4. The number of amides is 2. The summed E-state index contributed by atoms with van der Waals surface area (Å²) in [6, 6.07) is 0. The number of carboxylic acids is 1. The first-order chi connectivity index (χ1) is 8.99. The fraction of sp³-hybridized carbons (Fsp3) is 0.750. The van der Waals surface area contributed by atoms with Gasteiger partial charge < -0.3 is 15.7 Å². The topological polar surface area (TPSA) is 104 Å². The van der Waals surface area contributed by atoms with E-state index < -0.39 is 5.97 Å². The van der Waals surface area contributed by atoms with Gasteiger partial charge >= 0.3 is 5.97 Å². The van der Waals surface area contributed by atoms with E-state index in [-0.39, 0.29) is 31.2 Å². The van der Waals surface area contributed by atoms with Crippen LogP contribution in [0.2, 0.25) is 0 Å². The largest absolute Gasteiger partial charge is 0.481 e. The van der Waals surface area contributed by atoms with E-state index >= 15 is 0 Å². The Balaban J connectivity index is 2.33. The Morgan fingerprint density at radius 1 is 1.05 bits per heavy atom. The van der Waals surface area contributed by atoms with Gasteiger partial charge in [0.25, 0.3) is 0 Å². The summed E-state index contributed by atoms with van der Waals surface area (Å²) >= 11 is 0. The molecule has 0 saturated carbocycles. The SMILES string of the molecule is NC(=O)CN1CCCN(C(=O)CCCC(=O)O)CC1. The van der Waals surface area contributed by atoms with Crippen LogP contribution in [0, 0.1) is 0 Å². The summed E-state index contributed by atoms with van der Waals surface area (Å²) in [4.78, 5) is 36.8. The standard InChI is InChI=1S/C12H21N3O4/c13-10(16)9-14-5-2-6-15(8-7-14)11(17)3-1-4-12(18)19/h1-9H2,(H2,13,16)(H,18,19). The Hall–Kier alpha value is -1.63. The Morgan fingerprint density at radius 3 is 2.42 bits per heavy atom. The zero-order valence-corrected chi connectivity index (χ0v) is 11.0. The van der Waals surface area contributed by atoms with Crippen LogP contribution in [-0.4, -0.2) is 65.4 Å². The van der Waals surface area contributed by atoms with Crippen LogP contribution < -0.4 is 5.73 Å². The van der Waals surface area contributed by atoms with E-state index in [0.717, 1.165) is 13.0 Å². The van der Waals surface area contributed by atoms with Crippen LogP contribution in [-0.2, 0) is 14.4 Å². The lowest BCUT2D eigenvalue weighted by Gasteiger charge is -2.21. The fourth-order valence-electron chi connectivity index (χ4n) is 2.15. The summed E-state index contributed by atoms with van der Waals surface area (Å²) < 4.78 is 0. The first-order valence-electron chi connectivity index (χ1n) is 6.49. The minimum absolute atomic E-state index is 0.0119. The predicted molar refractivity (Wildman–Crippen MR) is 68.3 cm³/mol. The molecule has 2 amide bonds. The Bertz CT molecular complexity index is 346. The molecule has 0 aliphatic carbocycles. The van der Waals surface area contributed by atoms with Crippen molar-refractivity contribution in [2.24, 2.45) is 5.73 Å². The normalized spacial score (nSPS) is 16.9. The third kappa shape index (κ3) is 6.19. The Morgan fingerprint density at radius 2 is 1.79 bits per heavy atom. The summed E-state index contributed by atoms with van der Waals surface area (Å²) in [5, 5.41) is 8.53. The van der Waals surface area contributed by atoms with Crippen molar-refractivity contribution >= 4 is 17.8 Å². The van der Waals surface area contributed by atoms with E-state index in [1.165, 1.54) is 0 Å². The van der Waals surface area contributed by atoms with Crippen molar-refractivity contribution in [1.29, 1.82) is 0 Å². The maximum absolute atomic E-state index is 11.9. The van der Waals surface area contributed by atoms with E-state index in [4.69, 9.17) is 10.8 Å². The molecule has 1 heterocycles. The Kier molecular flexibility index (Phi) is 6.27. The van der Waals surface area contributed by atoms with Crippen LogP contribution in [0.3, 0.4) is 0 Å². The average Bonchev–Trinajstić information content (AvgIpc) is 2.53. The lowest BCUT2D eigenvalue weighted by Crippen LogP contribution is -2.38. The van der Waals surface area contributed by atoms with Gasteiger partial charge in [0, 0.05) is 39.0 Å². The minimum Gasteiger partial charge on any atom is -0.481 e. The highest BCUT2D eigenvalue weighted by atomic mass is 16.4. The zero-order valence-electron chi connectivity index (χ0n) is 11.0. The van der Waals surface area contributed by atoms with Crippen molar-refractivity contribution in [3.63, 3.8) is 0 Å². The first-order valence-corrected chi connectivity index (χ1v) is 6.49. The van der Waals surface area contributed by atoms with Crippen LogP contribution >= 0.6 is 0 Å². The smallest absolute Gasteiger partial charge is 0.303 e. The molecule has 1 aliphatic heterocycles. The van der Waals surface area contributed by atoms with Crippen molar-refractivity contribution in [3.05, 3.63) is 0 Å². The monoisotopic (exact) mass is 271 g/mol. The fourth-order valence-corrected chi connectivity index (χ4v) is 2.15. The number of carbonyl (C=O) groups excluding carboxylic acids is 2. The highest BCUT2D eigenvalue weighted by molar-refractivity contribution is 5.77. The molecule has 7 heteroatoms. The summed E-state index contributed by atoms with van der Waals surface area (Å²) in [5.41, 5.74) is 5.15. The second-order valence-electron chi connectivity index (χ2n) is 4.72. The molecule has 0 atom stereocenters. The van der Waals surface area contributed by atoms with Gasteiger partial charge in [-0.15, -0.1) is 0 Å². The summed E-state index contributed by atoms with van der Waals surface area (Å²) in [6.07, 6.45) is 1.46. The number of nitrogens with two attached hydrogens (primary N) is 1. The molecule has 108 valence electrons. The van der Waals surface area contributed by atoms with Gasteiger partial charge in [-0.1, -0.05) is 0 Å². The second kappa shape index (κ2) is 7.73. The molecule has 19 heavy (non-hydrogen) atoms.